The molecule has 0 aliphatic carbocycles. The van der Waals surface area contributed by atoms with Crippen molar-refractivity contribution in [2.45, 2.75) is 24.6 Å². The summed E-state index contributed by atoms with van der Waals surface area (Å²) in [6, 6.07) is 9.97. The molecule has 2 unspecified atom stereocenters. The lowest BCUT2D eigenvalue weighted by molar-refractivity contribution is 0.271. The highest BCUT2D eigenvalue weighted by molar-refractivity contribution is 7.99. The van der Waals surface area contributed by atoms with E-state index in [0.29, 0.717) is 12.5 Å². The van der Waals surface area contributed by atoms with E-state index in [-0.39, 0.29) is 10.0 Å². The Morgan fingerprint density at radius 2 is 2.10 bits per heavy atom. The van der Waals surface area contributed by atoms with E-state index < -0.39 is 0 Å². The van der Waals surface area contributed by atoms with Crippen molar-refractivity contribution < 1.29 is 0 Å². The molecule has 1 aliphatic rings. The van der Waals surface area contributed by atoms with Crippen molar-refractivity contribution in [2.24, 2.45) is 0 Å². The fourth-order valence-electron chi connectivity index (χ4n) is 2.81. The average Bonchev–Trinajstić information content (AvgIpc) is 2.99. The number of quaternary nitrogens is 1. The second-order valence-electron chi connectivity index (χ2n) is 5.18. The quantitative estimate of drug-likeness (QED) is 0.691. The summed E-state index contributed by atoms with van der Waals surface area (Å²) in [5, 5.41) is 13.2. The van der Waals surface area contributed by atoms with Crippen LogP contribution in [0, 0.1) is 5.21 Å². The maximum atomic E-state index is 13.2. The molecular weight excluding hydrogens is 270 g/mol. The van der Waals surface area contributed by atoms with E-state index in [2.05, 4.69) is 9.97 Å². The van der Waals surface area contributed by atoms with Gasteiger partial charge in [0.15, 0.2) is 0 Å². The summed E-state index contributed by atoms with van der Waals surface area (Å²) in [5.41, 5.74) is 1.89. The van der Waals surface area contributed by atoms with Gasteiger partial charge >= 0.3 is 5.95 Å². The summed E-state index contributed by atoms with van der Waals surface area (Å²) >= 11 is 1.65. The van der Waals surface area contributed by atoms with Crippen LogP contribution in [0.25, 0.3) is 11.3 Å². The standard InChI is InChI=1S/C15H19N3OS/c1-20-14-9-5-6-10-18(14,19)15-16-11-13(17-15)12-7-3-2-4-8-12/h2-4,7-8,11,14H,5-6,9-10H2,1H3,(H,16,17). The zero-order chi connectivity index (χ0) is 14.0. The number of rotatable bonds is 3. The fraction of sp³-hybridized carbons (Fsp3) is 0.400. The number of thioether (sulfide) groups is 1. The summed E-state index contributed by atoms with van der Waals surface area (Å²) in [6.07, 6.45) is 6.93. The van der Waals surface area contributed by atoms with E-state index in [4.69, 9.17) is 0 Å². The van der Waals surface area contributed by atoms with Crippen LogP contribution in [0.2, 0.25) is 0 Å². The van der Waals surface area contributed by atoms with Crippen molar-refractivity contribution in [1.82, 2.24) is 14.6 Å². The lowest BCUT2D eigenvalue weighted by Crippen LogP contribution is -2.53. The van der Waals surface area contributed by atoms with Crippen LogP contribution in [0.15, 0.2) is 36.5 Å². The summed E-state index contributed by atoms with van der Waals surface area (Å²) in [7, 11) is 0. The van der Waals surface area contributed by atoms with Gasteiger partial charge in [0.05, 0.1) is 12.2 Å². The number of nitrogens with zero attached hydrogens (tertiary/aromatic N) is 2. The first-order valence-corrected chi connectivity index (χ1v) is 8.26. The largest absolute Gasteiger partial charge is 0.624 e. The smallest absolute Gasteiger partial charge is 0.307 e. The molecule has 4 nitrogen and oxygen atoms in total. The number of benzene rings is 1. The minimum Gasteiger partial charge on any atom is -0.624 e. The number of H-pyrrole nitrogens is 1. The zero-order valence-corrected chi connectivity index (χ0v) is 12.4. The zero-order valence-electron chi connectivity index (χ0n) is 11.6. The molecule has 1 aliphatic heterocycles. The molecule has 0 saturated carbocycles. The lowest BCUT2D eigenvalue weighted by Gasteiger charge is -2.47. The van der Waals surface area contributed by atoms with Gasteiger partial charge in [-0.1, -0.05) is 30.3 Å². The van der Waals surface area contributed by atoms with Crippen molar-refractivity contribution in [3.8, 4) is 11.3 Å². The summed E-state index contributed by atoms with van der Waals surface area (Å²) in [6.45, 7) is 0.618. The fourth-order valence-corrected chi connectivity index (χ4v) is 3.76. The predicted octanol–water partition coefficient (Wildman–Crippen LogP) is 3.75. The number of aromatic amines is 1. The molecule has 1 saturated heterocycles. The van der Waals surface area contributed by atoms with Crippen LogP contribution in [0.4, 0.5) is 5.95 Å². The number of hydrogen-bond acceptors (Lipinski definition) is 3. The van der Waals surface area contributed by atoms with E-state index in [9.17, 15) is 5.21 Å². The normalized spacial score (nSPS) is 26.6. The first-order chi connectivity index (χ1) is 9.74. The SMILES string of the molecule is CSC1CCCC[N+]1([O-])c1nc(-c2ccccc2)c[nH]1. The first-order valence-electron chi connectivity index (χ1n) is 6.97. The van der Waals surface area contributed by atoms with Gasteiger partial charge in [0.2, 0.25) is 0 Å². The Morgan fingerprint density at radius 3 is 2.85 bits per heavy atom. The molecule has 2 atom stereocenters. The van der Waals surface area contributed by atoms with Gasteiger partial charge in [0, 0.05) is 18.2 Å². The third-order valence-corrected chi connectivity index (χ3v) is 5.04. The average molecular weight is 289 g/mol. The third-order valence-electron chi connectivity index (χ3n) is 3.92. The van der Waals surface area contributed by atoms with Crippen LogP contribution in [-0.2, 0) is 0 Å². The van der Waals surface area contributed by atoms with Crippen molar-refractivity contribution in [1.29, 1.82) is 0 Å². The van der Waals surface area contributed by atoms with Gasteiger partial charge in [0.25, 0.3) is 0 Å². The number of nitrogens with one attached hydrogen (secondary N) is 1. The monoisotopic (exact) mass is 289 g/mol. The molecule has 0 radical (unpaired) electrons. The summed E-state index contributed by atoms with van der Waals surface area (Å²) in [5.74, 6) is 0.544. The molecule has 20 heavy (non-hydrogen) atoms. The van der Waals surface area contributed by atoms with E-state index in [1.165, 1.54) is 0 Å². The number of aromatic nitrogens is 2. The second-order valence-corrected chi connectivity index (χ2v) is 6.20. The van der Waals surface area contributed by atoms with Crippen LogP contribution >= 0.6 is 11.8 Å². The molecule has 3 rings (SSSR count). The number of hydroxylamine groups is 2. The van der Waals surface area contributed by atoms with Gasteiger partial charge in [-0.2, -0.15) is 4.98 Å². The van der Waals surface area contributed by atoms with E-state index in [1.54, 1.807) is 11.8 Å². The molecule has 106 valence electrons. The molecule has 0 bridgehead atoms. The maximum absolute atomic E-state index is 13.2. The first kappa shape index (κ1) is 13.7. The predicted molar refractivity (Wildman–Crippen MR) is 85.2 cm³/mol. The molecule has 0 spiro atoms. The number of hydrogen-bond donors (Lipinski definition) is 1. The van der Waals surface area contributed by atoms with Gasteiger partial charge in [-0.15, -0.1) is 11.8 Å². The minimum atomic E-state index is -0.325. The van der Waals surface area contributed by atoms with Crippen LogP contribution in [0.3, 0.4) is 0 Å². The lowest BCUT2D eigenvalue weighted by atomic mass is 10.1. The van der Waals surface area contributed by atoms with Crippen molar-refractivity contribution in [3.05, 3.63) is 41.7 Å². The van der Waals surface area contributed by atoms with Crippen LogP contribution < -0.4 is 4.65 Å². The van der Waals surface area contributed by atoms with Crippen LogP contribution in [-0.4, -0.2) is 28.1 Å². The van der Waals surface area contributed by atoms with Gasteiger partial charge in [-0.25, -0.2) is 0 Å². The Labute approximate surface area is 123 Å². The highest BCUT2D eigenvalue weighted by Crippen LogP contribution is 2.35. The van der Waals surface area contributed by atoms with Gasteiger partial charge < -0.3 is 5.21 Å². The molecule has 1 aromatic heterocycles. The number of imidazole rings is 1. The summed E-state index contributed by atoms with van der Waals surface area (Å²) in [4.78, 5) is 7.68. The molecule has 1 N–H and O–H groups in total. The molecular formula is C15H19N3OS. The number of piperidine rings is 1. The Hall–Kier alpha value is -1.30. The molecule has 0 amide bonds. The molecule has 2 aromatic rings. The highest BCUT2D eigenvalue weighted by Gasteiger charge is 2.36. The maximum Gasteiger partial charge on any atom is 0.307 e. The van der Waals surface area contributed by atoms with E-state index in [1.807, 2.05) is 42.8 Å². The Morgan fingerprint density at radius 1 is 1.30 bits per heavy atom. The molecule has 2 heterocycles. The molecule has 1 aromatic carbocycles. The Kier molecular flexibility index (Phi) is 3.83. The molecule has 1 fully saturated rings. The highest BCUT2D eigenvalue weighted by atomic mass is 32.2. The molecule has 5 heteroatoms. The Bertz CT molecular complexity index is 572. The van der Waals surface area contributed by atoms with E-state index in [0.717, 1.165) is 30.5 Å². The third kappa shape index (κ3) is 2.37. The second kappa shape index (κ2) is 5.60. The van der Waals surface area contributed by atoms with Gasteiger partial charge in [0.1, 0.15) is 5.37 Å². The van der Waals surface area contributed by atoms with Crippen LogP contribution in [0.1, 0.15) is 19.3 Å². The summed E-state index contributed by atoms with van der Waals surface area (Å²) < 4.78 is -0.325. The van der Waals surface area contributed by atoms with Crippen molar-refractivity contribution in [2.75, 3.05) is 12.8 Å². The van der Waals surface area contributed by atoms with Crippen molar-refractivity contribution >= 4 is 17.7 Å². The van der Waals surface area contributed by atoms with Gasteiger partial charge in [-0.3, -0.25) is 9.63 Å². The Balaban J connectivity index is 1.93. The van der Waals surface area contributed by atoms with Crippen molar-refractivity contribution in [3.63, 3.8) is 0 Å². The topological polar surface area (TPSA) is 51.7 Å². The minimum absolute atomic E-state index is 0.0542. The van der Waals surface area contributed by atoms with Gasteiger partial charge in [-0.05, 0) is 19.1 Å². The van der Waals surface area contributed by atoms with Crippen LogP contribution in [0.5, 0.6) is 0 Å². The van der Waals surface area contributed by atoms with E-state index >= 15 is 0 Å².